The smallest absolute Gasteiger partial charge is 0.237 e. The van der Waals surface area contributed by atoms with E-state index in [-0.39, 0.29) is 11.9 Å². The van der Waals surface area contributed by atoms with Crippen LogP contribution in [-0.4, -0.2) is 74.2 Å². The first-order valence-electron chi connectivity index (χ1n) is 9.54. The summed E-state index contributed by atoms with van der Waals surface area (Å²) in [5, 5.41) is 3.13. The van der Waals surface area contributed by atoms with Crippen LogP contribution in [0.1, 0.15) is 46.0 Å². The molecule has 0 bridgehead atoms. The third-order valence-electron chi connectivity index (χ3n) is 5.44. The monoisotopic (exact) mass is 337 g/mol. The highest BCUT2D eigenvalue weighted by Gasteiger charge is 2.29. The van der Waals surface area contributed by atoms with Crippen molar-refractivity contribution in [3.8, 4) is 0 Å². The average Bonchev–Trinajstić information content (AvgIpc) is 2.61. The largest absolute Gasteiger partial charge is 0.383 e. The van der Waals surface area contributed by atoms with Gasteiger partial charge in [-0.15, -0.1) is 0 Å². The number of hydrogen-bond donors (Lipinski definition) is 1. The summed E-state index contributed by atoms with van der Waals surface area (Å²) in [6.07, 6.45) is 8.43. The molecule has 2 aliphatic rings. The fourth-order valence-corrected chi connectivity index (χ4v) is 3.71. The molecule has 0 aromatic heterocycles. The molecule has 1 saturated heterocycles. The molecule has 24 heavy (non-hydrogen) atoms. The molecular weight excluding hydrogens is 302 g/mol. The SMILES string of the molecule is COCCN1CCN(C(C)C(=O)NCCC2=CCCCC2)CC1C. The van der Waals surface area contributed by atoms with E-state index in [4.69, 9.17) is 4.74 Å². The van der Waals surface area contributed by atoms with Gasteiger partial charge in [-0.25, -0.2) is 0 Å². The Labute approximate surface area is 147 Å². The number of allylic oxidation sites excluding steroid dienone is 1. The van der Waals surface area contributed by atoms with Gasteiger partial charge in [-0.1, -0.05) is 11.6 Å². The van der Waals surface area contributed by atoms with Gasteiger partial charge in [-0.05, 0) is 46.0 Å². The number of hydrogen-bond acceptors (Lipinski definition) is 4. The van der Waals surface area contributed by atoms with Crippen molar-refractivity contribution in [1.29, 1.82) is 0 Å². The normalized spacial score (nSPS) is 24.5. The van der Waals surface area contributed by atoms with E-state index in [0.717, 1.165) is 45.8 Å². The van der Waals surface area contributed by atoms with E-state index in [1.54, 1.807) is 7.11 Å². The summed E-state index contributed by atoms with van der Waals surface area (Å²) >= 11 is 0. The van der Waals surface area contributed by atoms with Crippen LogP contribution in [0.2, 0.25) is 0 Å². The van der Waals surface area contributed by atoms with Crippen LogP contribution in [0.15, 0.2) is 11.6 Å². The second-order valence-corrected chi connectivity index (χ2v) is 7.20. The number of methoxy groups -OCH3 is 1. The fourth-order valence-electron chi connectivity index (χ4n) is 3.71. The van der Waals surface area contributed by atoms with Crippen LogP contribution in [0.5, 0.6) is 0 Å². The molecule has 2 atom stereocenters. The van der Waals surface area contributed by atoms with Crippen LogP contribution < -0.4 is 5.32 Å². The molecule has 138 valence electrons. The first kappa shape index (κ1) is 19.4. The highest BCUT2D eigenvalue weighted by molar-refractivity contribution is 5.81. The Morgan fingerprint density at radius 2 is 2.25 bits per heavy atom. The Morgan fingerprint density at radius 3 is 2.92 bits per heavy atom. The van der Waals surface area contributed by atoms with Crippen LogP contribution >= 0.6 is 0 Å². The van der Waals surface area contributed by atoms with Crippen molar-refractivity contribution in [3.05, 3.63) is 11.6 Å². The molecule has 0 spiro atoms. The van der Waals surface area contributed by atoms with Crippen LogP contribution in [0, 0.1) is 0 Å². The highest BCUT2D eigenvalue weighted by atomic mass is 16.5. The minimum Gasteiger partial charge on any atom is -0.383 e. The van der Waals surface area contributed by atoms with Gasteiger partial charge >= 0.3 is 0 Å². The van der Waals surface area contributed by atoms with Gasteiger partial charge in [0, 0.05) is 45.9 Å². The van der Waals surface area contributed by atoms with Crippen LogP contribution in [0.3, 0.4) is 0 Å². The molecular formula is C19H35N3O2. The molecule has 1 aliphatic heterocycles. The van der Waals surface area contributed by atoms with Crippen molar-refractivity contribution in [1.82, 2.24) is 15.1 Å². The highest BCUT2D eigenvalue weighted by Crippen LogP contribution is 2.19. The van der Waals surface area contributed by atoms with Crippen molar-refractivity contribution in [3.63, 3.8) is 0 Å². The van der Waals surface area contributed by atoms with E-state index in [9.17, 15) is 4.79 Å². The number of carbonyl (C=O) groups is 1. The molecule has 2 rings (SSSR count). The Kier molecular flexibility index (Phi) is 8.22. The zero-order valence-electron chi connectivity index (χ0n) is 15.7. The molecule has 1 heterocycles. The third-order valence-corrected chi connectivity index (χ3v) is 5.44. The van der Waals surface area contributed by atoms with Crippen molar-refractivity contribution < 1.29 is 9.53 Å². The van der Waals surface area contributed by atoms with Gasteiger partial charge in [0.05, 0.1) is 12.6 Å². The topological polar surface area (TPSA) is 44.8 Å². The summed E-state index contributed by atoms with van der Waals surface area (Å²) in [7, 11) is 1.75. The number of amides is 1. The Morgan fingerprint density at radius 1 is 1.42 bits per heavy atom. The zero-order chi connectivity index (χ0) is 17.4. The summed E-state index contributed by atoms with van der Waals surface area (Å²) in [5.41, 5.74) is 1.52. The maximum atomic E-state index is 12.4. The molecule has 5 nitrogen and oxygen atoms in total. The third kappa shape index (κ3) is 5.87. The van der Waals surface area contributed by atoms with Crippen molar-refractivity contribution in [2.45, 2.75) is 58.0 Å². The summed E-state index contributed by atoms with van der Waals surface area (Å²) in [5.74, 6) is 0.170. The lowest BCUT2D eigenvalue weighted by Crippen LogP contribution is -2.57. The van der Waals surface area contributed by atoms with Gasteiger partial charge in [0.25, 0.3) is 0 Å². The molecule has 1 fully saturated rings. The molecule has 5 heteroatoms. The summed E-state index contributed by atoms with van der Waals surface area (Å²) in [6.45, 7) is 9.71. The Hall–Kier alpha value is -0.910. The fraction of sp³-hybridized carbons (Fsp3) is 0.842. The number of nitrogens with zero attached hydrogens (tertiary/aromatic N) is 2. The quantitative estimate of drug-likeness (QED) is 0.689. The van der Waals surface area contributed by atoms with Crippen molar-refractivity contribution in [2.75, 3.05) is 46.4 Å². The second kappa shape index (κ2) is 10.2. The van der Waals surface area contributed by atoms with E-state index >= 15 is 0 Å². The van der Waals surface area contributed by atoms with Gasteiger partial charge < -0.3 is 10.1 Å². The van der Waals surface area contributed by atoms with Gasteiger partial charge in [0.1, 0.15) is 0 Å². The number of ether oxygens (including phenoxy) is 1. The number of piperazine rings is 1. The number of carbonyl (C=O) groups excluding carboxylic acids is 1. The van der Waals surface area contributed by atoms with Gasteiger partial charge in [0.15, 0.2) is 0 Å². The molecule has 1 amide bonds. The number of nitrogens with one attached hydrogen (secondary N) is 1. The minimum atomic E-state index is -0.0441. The predicted molar refractivity (Wildman–Crippen MR) is 98.1 cm³/mol. The molecule has 0 radical (unpaired) electrons. The van der Waals surface area contributed by atoms with E-state index in [2.05, 4.69) is 28.1 Å². The molecule has 0 aromatic carbocycles. The van der Waals surface area contributed by atoms with Crippen LogP contribution in [-0.2, 0) is 9.53 Å². The van der Waals surface area contributed by atoms with E-state index in [0.29, 0.717) is 6.04 Å². The van der Waals surface area contributed by atoms with Gasteiger partial charge in [-0.3, -0.25) is 14.6 Å². The zero-order valence-corrected chi connectivity index (χ0v) is 15.7. The standard InChI is InChI=1S/C19H35N3O2/c1-16-15-22(12-11-21(16)13-14-24-3)17(2)19(23)20-10-9-18-7-5-4-6-8-18/h7,16-17H,4-6,8-15H2,1-3H3,(H,20,23). The van der Waals surface area contributed by atoms with Crippen LogP contribution in [0.4, 0.5) is 0 Å². The summed E-state index contributed by atoms with van der Waals surface area (Å²) in [6, 6.07) is 0.425. The lowest BCUT2D eigenvalue weighted by molar-refractivity contribution is -0.127. The first-order chi connectivity index (χ1) is 11.6. The molecule has 0 saturated carbocycles. The average molecular weight is 338 g/mol. The Balaban J connectivity index is 1.70. The van der Waals surface area contributed by atoms with Crippen molar-refractivity contribution >= 4 is 5.91 Å². The first-order valence-corrected chi connectivity index (χ1v) is 9.54. The predicted octanol–water partition coefficient (Wildman–Crippen LogP) is 2.03. The van der Waals surface area contributed by atoms with E-state index < -0.39 is 0 Å². The summed E-state index contributed by atoms with van der Waals surface area (Å²) in [4.78, 5) is 17.2. The molecule has 1 aliphatic carbocycles. The molecule has 2 unspecified atom stereocenters. The lowest BCUT2D eigenvalue weighted by Gasteiger charge is -2.41. The summed E-state index contributed by atoms with van der Waals surface area (Å²) < 4.78 is 5.18. The number of rotatable bonds is 8. The maximum absolute atomic E-state index is 12.4. The van der Waals surface area contributed by atoms with Gasteiger partial charge in [0.2, 0.25) is 5.91 Å². The van der Waals surface area contributed by atoms with Gasteiger partial charge in [-0.2, -0.15) is 0 Å². The van der Waals surface area contributed by atoms with E-state index in [1.165, 1.54) is 31.3 Å². The molecule has 0 aromatic rings. The minimum absolute atomic E-state index is 0.0441. The van der Waals surface area contributed by atoms with Crippen LogP contribution in [0.25, 0.3) is 0 Å². The Bertz CT molecular complexity index is 425. The second-order valence-electron chi connectivity index (χ2n) is 7.20. The van der Waals surface area contributed by atoms with Crippen molar-refractivity contribution in [2.24, 2.45) is 0 Å². The van der Waals surface area contributed by atoms with E-state index in [1.807, 2.05) is 6.92 Å². The molecule has 1 N–H and O–H groups in total. The lowest BCUT2D eigenvalue weighted by atomic mass is 9.97. The maximum Gasteiger partial charge on any atom is 0.237 e.